The molecule has 10 rings (SSSR count). The number of amides is 1. The summed E-state index contributed by atoms with van der Waals surface area (Å²) in [5.74, 6) is -4.61. The van der Waals surface area contributed by atoms with Gasteiger partial charge in [0.05, 0.1) is 56.0 Å². The lowest BCUT2D eigenvalue weighted by molar-refractivity contribution is -0.361. The van der Waals surface area contributed by atoms with E-state index in [2.05, 4.69) is 52.1 Å². The number of aliphatic hydroxyl groups excluding tert-OH is 8. The van der Waals surface area contributed by atoms with E-state index in [1.807, 2.05) is 13.1 Å². The number of rotatable bonds is 15. The minimum atomic E-state index is -1.68. The molecule has 19 nitrogen and oxygen atoms in total. The van der Waals surface area contributed by atoms with Crippen LogP contribution in [-0.4, -0.2) is 153 Å². The predicted molar refractivity (Wildman–Crippen MR) is 262 cm³/mol. The number of imidazole rings is 2. The monoisotopic (exact) mass is 1020 g/mol. The van der Waals surface area contributed by atoms with Crippen LogP contribution in [-0.2, 0) is 25.5 Å². The number of aliphatic hydroxyl groups is 8. The smallest absolute Gasteiger partial charge is 0.310 e. The zero-order valence-electron chi connectivity index (χ0n) is 42.9. The first kappa shape index (κ1) is 53.1. The van der Waals surface area contributed by atoms with Crippen molar-refractivity contribution in [2.24, 2.45) is 79.1 Å². The van der Waals surface area contributed by atoms with Gasteiger partial charge in [-0.05, 0) is 135 Å². The average molecular weight is 1020 g/mol. The second-order valence-corrected chi connectivity index (χ2v) is 25.4. The third-order valence-electron chi connectivity index (χ3n) is 22.6. The Labute approximate surface area is 427 Å². The quantitative estimate of drug-likeness (QED) is 0.0691. The van der Waals surface area contributed by atoms with Gasteiger partial charge in [0.2, 0.25) is 5.91 Å². The summed E-state index contributed by atoms with van der Waals surface area (Å²) in [4.78, 5) is 43.7. The first-order valence-electron chi connectivity index (χ1n) is 27.1. The van der Waals surface area contributed by atoms with Crippen LogP contribution in [0.4, 0.5) is 0 Å². The van der Waals surface area contributed by atoms with E-state index in [0.717, 1.165) is 25.0 Å². The summed E-state index contributed by atoms with van der Waals surface area (Å²) in [6.07, 6.45) is 6.82. The molecule has 5 saturated carbocycles. The maximum atomic E-state index is 14.3. The third kappa shape index (κ3) is 7.58. The van der Waals surface area contributed by atoms with E-state index in [-0.39, 0.29) is 49.7 Å². The molecule has 406 valence electrons. The minimum absolute atomic E-state index is 0.0502. The van der Waals surface area contributed by atoms with Gasteiger partial charge < -0.3 is 76.5 Å². The van der Waals surface area contributed by atoms with Crippen LogP contribution >= 0.6 is 0 Å². The number of aliphatic carboxylic acids is 1. The Morgan fingerprint density at radius 2 is 1.68 bits per heavy atom. The molecule has 8 aliphatic rings. The van der Waals surface area contributed by atoms with Crippen LogP contribution in [0.2, 0.25) is 0 Å². The highest BCUT2D eigenvalue weighted by atomic mass is 16.7. The molecule has 2 saturated heterocycles. The molecule has 19 heteroatoms. The van der Waals surface area contributed by atoms with Crippen molar-refractivity contribution in [2.45, 2.75) is 173 Å². The second kappa shape index (κ2) is 19.0. The van der Waals surface area contributed by atoms with Gasteiger partial charge in [0.25, 0.3) is 0 Å². The van der Waals surface area contributed by atoms with Crippen LogP contribution in [0.3, 0.4) is 0 Å². The molecule has 0 aromatic carbocycles. The number of aromatic nitrogens is 4. The molecular weight excluding hydrogens is 941 g/mol. The Kier molecular flexibility index (Phi) is 13.8. The number of allylic oxidation sites excluding steroid dienone is 2. The van der Waals surface area contributed by atoms with Gasteiger partial charge in [-0.3, -0.25) is 9.59 Å². The number of H-pyrrole nitrogens is 2. The normalized spacial score (nSPS) is 48.0. The standard InChI is InChI=1S/C54H82N6O13/c1-48(24-62)14-15-52(47(70)71)18-28(16-29-20-56-26-58-29)54-11-5-10-53(13-8-33(54)35(52)19-48)50(54,3)12-9-38-49(2,25-63)44(73-46-43(68)42(67)37(64)23-72-46)41(66)34(51(38,53)4)17-31-32(22-61)45(69)60-40(31)30(6-7-39(55)65)36-21-57-27-59-36/h8,20-21,26-28,30-32,34-35,37-44,46,61-68H,5-7,9-19,22-25,55H2,1-4H3,(H,56,58)(H,57,59)(H,60,69)(H,70,71). The van der Waals surface area contributed by atoms with Gasteiger partial charge in [-0.1, -0.05) is 45.8 Å². The van der Waals surface area contributed by atoms with Crippen molar-refractivity contribution in [3.63, 3.8) is 0 Å². The number of nitrogens with one attached hydrogen (secondary N) is 3. The molecular formula is C54H82N6O13. The Hall–Kier alpha value is -3.34. The fourth-order valence-corrected chi connectivity index (χ4v) is 19.0. The molecule has 73 heavy (non-hydrogen) atoms. The Morgan fingerprint density at radius 1 is 0.932 bits per heavy atom. The van der Waals surface area contributed by atoms with E-state index in [0.29, 0.717) is 63.5 Å². The SMILES string of the molecule is CC1(CO)CCC2(C(=O)O)CC(Cc3cnc[nH]3)C34CCCC5(CC=C3C2C1)C1(C)C(CC2C(CO)C(=O)NC2C(CCC(N)O)c2cnc[nH]2)C(O)C(OC2OCC(O)C(O)C2O)C(C)(CO)C1CCC45C. The highest BCUT2D eigenvalue weighted by Crippen LogP contribution is 2.86. The summed E-state index contributed by atoms with van der Waals surface area (Å²) < 4.78 is 12.6. The van der Waals surface area contributed by atoms with Crippen LogP contribution in [0.5, 0.6) is 0 Å². The van der Waals surface area contributed by atoms with Crippen molar-refractivity contribution in [1.82, 2.24) is 25.3 Å². The number of ether oxygens (including phenoxy) is 2. The van der Waals surface area contributed by atoms with E-state index >= 15 is 0 Å². The van der Waals surface area contributed by atoms with Crippen molar-refractivity contribution < 1.29 is 65.0 Å². The molecule has 2 aromatic heterocycles. The van der Waals surface area contributed by atoms with Gasteiger partial charge in [-0.25, -0.2) is 9.97 Å². The lowest BCUT2D eigenvalue weighted by Crippen LogP contribution is -2.78. The number of carboxylic acid groups (broad SMARTS) is 1. The fourth-order valence-electron chi connectivity index (χ4n) is 19.0. The largest absolute Gasteiger partial charge is 0.481 e. The van der Waals surface area contributed by atoms with Crippen LogP contribution in [0.25, 0.3) is 0 Å². The number of nitrogens with zero attached hydrogens (tertiary/aromatic N) is 2. The number of carbonyl (C=O) groups excluding carboxylic acids is 1. The molecule has 22 atom stereocenters. The van der Waals surface area contributed by atoms with Gasteiger partial charge in [0.15, 0.2) is 6.29 Å². The highest BCUT2D eigenvalue weighted by molar-refractivity contribution is 5.82. The highest BCUT2D eigenvalue weighted by Gasteiger charge is 2.81. The van der Waals surface area contributed by atoms with E-state index in [4.69, 9.17) is 15.2 Å². The summed E-state index contributed by atoms with van der Waals surface area (Å²) in [5.41, 5.74) is 3.50. The number of fused-ring (bicyclic) bond motifs is 3. The molecule has 4 heterocycles. The second-order valence-electron chi connectivity index (χ2n) is 25.4. The molecule has 2 aromatic rings. The minimum Gasteiger partial charge on any atom is -0.481 e. The summed E-state index contributed by atoms with van der Waals surface area (Å²) >= 11 is 0. The fraction of sp³-hybridized carbons (Fsp3) is 0.815. The van der Waals surface area contributed by atoms with E-state index < -0.39 is 130 Å². The topological polar surface area (TPSA) is 330 Å². The van der Waals surface area contributed by atoms with Crippen molar-refractivity contribution in [3.05, 3.63) is 48.1 Å². The first-order chi connectivity index (χ1) is 34.7. The third-order valence-corrected chi connectivity index (χ3v) is 22.6. The first-order valence-corrected chi connectivity index (χ1v) is 27.1. The van der Waals surface area contributed by atoms with Crippen LogP contribution < -0.4 is 11.1 Å². The number of aromatic amines is 2. The number of hydrogen-bond donors (Lipinski definition) is 13. The maximum absolute atomic E-state index is 14.3. The van der Waals surface area contributed by atoms with Gasteiger partial charge in [-0.15, -0.1) is 0 Å². The summed E-state index contributed by atoms with van der Waals surface area (Å²) in [7, 11) is 0. The van der Waals surface area contributed by atoms with E-state index in [1.165, 1.54) is 5.57 Å². The summed E-state index contributed by atoms with van der Waals surface area (Å²) in [6, 6.07) is -0.611. The maximum Gasteiger partial charge on any atom is 0.310 e. The molecule has 14 N–H and O–H groups in total. The Morgan fingerprint density at radius 3 is 2.34 bits per heavy atom. The average Bonchev–Trinajstić information content (AvgIpc) is 4.15. The molecule has 7 fully saturated rings. The van der Waals surface area contributed by atoms with Crippen LogP contribution in [0, 0.1) is 73.4 Å². The van der Waals surface area contributed by atoms with Crippen molar-refractivity contribution in [3.8, 4) is 0 Å². The predicted octanol–water partition coefficient (Wildman–Crippen LogP) is 2.24. The van der Waals surface area contributed by atoms with Gasteiger partial charge in [0.1, 0.15) is 24.5 Å². The summed E-state index contributed by atoms with van der Waals surface area (Å²) in [6.45, 7) is 7.42. The van der Waals surface area contributed by atoms with Crippen molar-refractivity contribution >= 4 is 11.9 Å². The van der Waals surface area contributed by atoms with E-state index in [9.17, 15) is 55.5 Å². The number of carbonyl (C=O) groups is 2. The lowest BCUT2D eigenvalue weighted by atomic mass is 9.23. The Bertz CT molecular complexity index is 2360. The molecule has 1 spiro atoms. The van der Waals surface area contributed by atoms with Gasteiger partial charge >= 0.3 is 5.97 Å². The molecule has 6 aliphatic carbocycles. The van der Waals surface area contributed by atoms with Gasteiger partial charge in [0, 0.05) is 53.2 Å². The van der Waals surface area contributed by atoms with Crippen LogP contribution in [0.15, 0.2) is 36.7 Å². The number of hydrogen-bond acceptors (Lipinski definition) is 15. The number of carboxylic acids is 1. The zero-order chi connectivity index (χ0) is 52.3. The molecule has 2 aliphatic heterocycles. The molecule has 1 amide bonds. The van der Waals surface area contributed by atoms with Crippen molar-refractivity contribution in [2.75, 3.05) is 26.4 Å². The number of nitrogens with two attached hydrogens (primary N) is 1. The van der Waals surface area contributed by atoms with E-state index in [1.54, 1.807) is 18.9 Å². The van der Waals surface area contributed by atoms with Crippen molar-refractivity contribution in [1.29, 1.82) is 0 Å². The van der Waals surface area contributed by atoms with Crippen LogP contribution in [0.1, 0.15) is 128 Å². The molecule has 0 radical (unpaired) electrons. The zero-order valence-corrected chi connectivity index (χ0v) is 42.9. The molecule has 2 bridgehead atoms. The van der Waals surface area contributed by atoms with Gasteiger partial charge in [-0.2, -0.15) is 0 Å². The Balaban J connectivity index is 1.17. The molecule has 22 unspecified atom stereocenters. The summed E-state index contributed by atoms with van der Waals surface area (Å²) in [5, 5.41) is 106. The lowest BCUT2D eigenvalue weighted by Gasteiger charge is -2.81.